The van der Waals surface area contributed by atoms with Crippen LogP contribution < -0.4 is 15.8 Å². The molecule has 1 aromatic carbocycles. The first-order valence-corrected chi connectivity index (χ1v) is 7.33. The van der Waals surface area contributed by atoms with Gasteiger partial charge in [0.1, 0.15) is 17.3 Å². The van der Waals surface area contributed by atoms with Gasteiger partial charge in [-0.1, -0.05) is 0 Å². The summed E-state index contributed by atoms with van der Waals surface area (Å²) in [5.41, 5.74) is 7.82. The Morgan fingerprint density at radius 3 is 2.50 bits per heavy atom. The van der Waals surface area contributed by atoms with Crippen molar-refractivity contribution in [2.24, 2.45) is 10.7 Å². The molecule has 5 nitrogen and oxygen atoms in total. The van der Waals surface area contributed by atoms with Gasteiger partial charge in [0, 0.05) is 11.3 Å². The molecule has 3 N–H and O–H groups in total. The van der Waals surface area contributed by atoms with Crippen LogP contribution in [-0.2, 0) is 6.54 Å². The van der Waals surface area contributed by atoms with Crippen molar-refractivity contribution in [1.82, 2.24) is 0 Å². The summed E-state index contributed by atoms with van der Waals surface area (Å²) in [7, 11) is 0. The molecular weight excluding hydrogens is 278 g/mol. The molecule has 0 radical (unpaired) electrons. The number of aliphatic imine (C=N–C) groups is 1. The van der Waals surface area contributed by atoms with Crippen molar-refractivity contribution in [2.75, 3.05) is 5.32 Å². The molecule has 22 heavy (non-hydrogen) atoms. The third kappa shape index (κ3) is 4.55. The Balaban J connectivity index is 1.94. The lowest BCUT2D eigenvalue weighted by Crippen LogP contribution is -2.22. The topological polar surface area (TPSA) is 72.8 Å². The van der Waals surface area contributed by atoms with E-state index in [9.17, 15) is 0 Å². The maximum absolute atomic E-state index is 5.91. The van der Waals surface area contributed by atoms with E-state index in [2.05, 4.69) is 10.3 Å². The molecule has 2 aromatic rings. The molecule has 0 aliphatic carbocycles. The molecule has 2 rings (SSSR count). The van der Waals surface area contributed by atoms with E-state index in [4.69, 9.17) is 14.9 Å². The Kier molecular flexibility index (Phi) is 5.09. The molecule has 5 heteroatoms. The highest BCUT2D eigenvalue weighted by Crippen LogP contribution is 2.17. The Morgan fingerprint density at radius 1 is 1.27 bits per heavy atom. The molecule has 1 heterocycles. The summed E-state index contributed by atoms with van der Waals surface area (Å²) in [6.07, 6.45) is 0.159. The van der Waals surface area contributed by atoms with Crippen LogP contribution in [0.25, 0.3) is 0 Å². The van der Waals surface area contributed by atoms with E-state index >= 15 is 0 Å². The van der Waals surface area contributed by atoms with Crippen LogP contribution in [0.5, 0.6) is 5.75 Å². The van der Waals surface area contributed by atoms with Crippen molar-refractivity contribution in [3.8, 4) is 5.75 Å². The third-order valence-corrected chi connectivity index (χ3v) is 3.06. The molecule has 1 aromatic heterocycles. The number of aryl methyl sites for hydroxylation is 2. The summed E-state index contributed by atoms with van der Waals surface area (Å²) in [6.45, 7) is 8.33. The van der Waals surface area contributed by atoms with Gasteiger partial charge in [0.05, 0.1) is 12.6 Å². The summed E-state index contributed by atoms with van der Waals surface area (Å²) in [4.78, 5) is 4.33. The van der Waals surface area contributed by atoms with Gasteiger partial charge in [-0.05, 0) is 58.0 Å². The van der Waals surface area contributed by atoms with E-state index in [1.807, 2.05) is 58.0 Å². The fourth-order valence-electron chi connectivity index (χ4n) is 2.09. The Hall–Kier alpha value is -2.43. The van der Waals surface area contributed by atoms with E-state index in [0.29, 0.717) is 12.5 Å². The average Bonchev–Trinajstić information content (AvgIpc) is 2.76. The van der Waals surface area contributed by atoms with Crippen molar-refractivity contribution >= 4 is 11.6 Å². The van der Waals surface area contributed by atoms with Crippen LogP contribution in [0.15, 0.2) is 39.7 Å². The molecule has 0 fully saturated rings. The normalized spacial score (nSPS) is 11.8. The fraction of sp³-hybridized carbons (Fsp3) is 0.353. The number of nitrogens with two attached hydrogens (primary N) is 1. The third-order valence-electron chi connectivity index (χ3n) is 3.06. The molecule has 0 amide bonds. The second-order valence-corrected chi connectivity index (χ2v) is 5.46. The summed E-state index contributed by atoms with van der Waals surface area (Å²) in [6, 6.07) is 9.60. The number of nitrogens with zero attached hydrogens (tertiary/aromatic N) is 1. The minimum Gasteiger partial charge on any atom is -0.491 e. The Morgan fingerprint density at radius 2 is 1.95 bits per heavy atom. The Labute approximate surface area is 131 Å². The molecule has 0 saturated heterocycles. The van der Waals surface area contributed by atoms with Crippen LogP contribution in [0.2, 0.25) is 0 Å². The Bertz CT molecular complexity index is 642. The lowest BCUT2D eigenvalue weighted by atomic mass is 10.2. The van der Waals surface area contributed by atoms with Gasteiger partial charge < -0.3 is 20.2 Å². The molecule has 0 aliphatic rings. The summed E-state index contributed by atoms with van der Waals surface area (Å²) in [5, 5.41) is 3.06. The highest BCUT2D eigenvalue weighted by Gasteiger charge is 2.04. The molecular formula is C17H23N3O2. The van der Waals surface area contributed by atoms with E-state index < -0.39 is 0 Å². The van der Waals surface area contributed by atoms with E-state index in [1.165, 1.54) is 0 Å². The van der Waals surface area contributed by atoms with E-state index in [1.54, 1.807) is 0 Å². The number of hydrogen-bond acceptors (Lipinski definition) is 3. The zero-order chi connectivity index (χ0) is 16.1. The number of hydrogen-bond donors (Lipinski definition) is 2. The van der Waals surface area contributed by atoms with Crippen LogP contribution in [0.1, 0.15) is 30.9 Å². The maximum atomic E-state index is 5.91. The van der Waals surface area contributed by atoms with Crippen LogP contribution in [0.3, 0.4) is 0 Å². The average molecular weight is 301 g/mol. The summed E-state index contributed by atoms with van der Waals surface area (Å²) >= 11 is 0. The van der Waals surface area contributed by atoms with Gasteiger partial charge in [0.15, 0.2) is 5.96 Å². The number of anilines is 1. The quantitative estimate of drug-likeness (QED) is 0.653. The lowest BCUT2D eigenvalue weighted by molar-refractivity contribution is 0.242. The molecule has 0 unspecified atom stereocenters. The SMILES string of the molecule is Cc1cc(CN=C(N)Nc2ccc(OC(C)C)cc2)c(C)o1. The van der Waals surface area contributed by atoms with Crippen molar-refractivity contribution in [1.29, 1.82) is 0 Å². The van der Waals surface area contributed by atoms with Crippen LogP contribution in [0.4, 0.5) is 5.69 Å². The van der Waals surface area contributed by atoms with Crippen LogP contribution in [-0.4, -0.2) is 12.1 Å². The van der Waals surface area contributed by atoms with E-state index in [-0.39, 0.29) is 6.10 Å². The molecule has 0 bridgehead atoms. The molecule has 118 valence electrons. The first-order chi connectivity index (χ1) is 10.4. The van der Waals surface area contributed by atoms with Crippen molar-refractivity contribution in [2.45, 2.75) is 40.3 Å². The number of benzene rings is 1. The maximum Gasteiger partial charge on any atom is 0.193 e. The first-order valence-electron chi connectivity index (χ1n) is 7.33. The standard InChI is InChI=1S/C17H23N3O2/c1-11(2)21-16-7-5-15(6-8-16)20-17(18)19-10-14-9-12(3)22-13(14)4/h5-9,11H,10H2,1-4H3,(H3,18,19,20). The lowest BCUT2D eigenvalue weighted by Gasteiger charge is -2.10. The number of rotatable bonds is 5. The van der Waals surface area contributed by atoms with Crippen molar-refractivity contribution in [3.05, 3.63) is 47.4 Å². The van der Waals surface area contributed by atoms with Gasteiger partial charge in [-0.2, -0.15) is 0 Å². The molecule has 0 aliphatic heterocycles. The molecule has 0 saturated carbocycles. The highest BCUT2D eigenvalue weighted by atomic mass is 16.5. The largest absolute Gasteiger partial charge is 0.491 e. The van der Waals surface area contributed by atoms with Crippen LogP contribution in [0, 0.1) is 13.8 Å². The highest BCUT2D eigenvalue weighted by molar-refractivity contribution is 5.92. The predicted molar refractivity (Wildman–Crippen MR) is 89.3 cm³/mol. The van der Waals surface area contributed by atoms with Crippen LogP contribution >= 0.6 is 0 Å². The number of ether oxygens (including phenoxy) is 1. The minimum absolute atomic E-state index is 0.159. The van der Waals surface area contributed by atoms with Gasteiger partial charge in [0.25, 0.3) is 0 Å². The monoisotopic (exact) mass is 301 g/mol. The zero-order valence-corrected chi connectivity index (χ0v) is 13.5. The smallest absolute Gasteiger partial charge is 0.193 e. The fourth-order valence-corrected chi connectivity index (χ4v) is 2.09. The summed E-state index contributed by atoms with van der Waals surface area (Å²) < 4.78 is 11.1. The van der Waals surface area contributed by atoms with Gasteiger partial charge in [-0.15, -0.1) is 0 Å². The number of nitrogens with one attached hydrogen (secondary N) is 1. The van der Waals surface area contributed by atoms with Gasteiger partial charge in [0.2, 0.25) is 0 Å². The second-order valence-electron chi connectivity index (χ2n) is 5.46. The van der Waals surface area contributed by atoms with Gasteiger partial charge in [-0.3, -0.25) is 0 Å². The second kappa shape index (κ2) is 7.02. The first kappa shape index (κ1) is 15.9. The van der Waals surface area contributed by atoms with Gasteiger partial charge in [-0.25, -0.2) is 4.99 Å². The van der Waals surface area contributed by atoms with E-state index in [0.717, 1.165) is 28.5 Å². The minimum atomic E-state index is 0.159. The van der Waals surface area contributed by atoms with Crippen molar-refractivity contribution in [3.63, 3.8) is 0 Å². The zero-order valence-electron chi connectivity index (χ0n) is 13.5. The van der Waals surface area contributed by atoms with Crippen molar-refractivity contribution < 1.29 is 9.15 Å². The summed E-state index contributed by atoms with van der Waals surface area (Å²) in [5.74, 6) is 2.97. The van der Waals surface area contributed by atoms with Gasteiger partial charge >= 0.3 is 0 Å². The molecule has 0 spiro atoms. The number of furan rings is 1. The predicted octanol–water partition coefficient (Wildman–Crippen LogP) is 3.61. The molecule has 0 atom stereocenters. The number of guanidine groups is 1.